The van der Waals surface area contributed by atoms with Gasteiger partial charge in [0.2, 0.25) is 0 Å². The van der Waals surface area contributed by atoms with Gasteiger partial charge in [0, 0.05) is 29.3 Å². The molecule has 0 fully saturated rings. The number of benzene rings is 2. The van der Waals surface area contributed by atoms with Gasteiger partial charge in [-0.15, -0.1) is 0 Å². The molecule has 2 aromatic carbocycles. The van der Waals surface area contributed by atoms with E-state index in [4.69, 9.17) is 23.7 Å². The minimum Gasteiger partial charge on any atom is -0.497 e. The minimum atomic E-state index is -0.625. The van der Waals surface area contributed by atoms with Crippen molar-refractivity contribution in [3.8, 4) is 17.2 Å². The molecule has 0 amide bonds. The molecule has 0 aliphatic carbocycles. The highest BCUT2D eigenvalue weighted by Crippen LogP contribution is 2.33. The maximum Gasteiger partial charge on any atom is 0.338 e. The van der Waals surface area contributed by atoms with Crippen molar-refractivity contribution in [2.75, 3.05) is 21.0 Å². The zero-order valence-electron chi connectivity index (χ0n) is 14.7. The largest absolute Gasteiger partial charge is 0.497 e. The van der Waals surface area contributed by atoms with Gasteiger partial charge in [-0.3, -0.25) is 10.1 Å². The number of methoxy groups -OCH3 is 2. The number of hydrogen-bond acceptors (Lipinski definition) is 8. The second-order valence-electron chi connectivity index (χ2n) is 5.64. The molecule has 0 atom stereocenters. The monoisotopic (exact) mass is 375 g/mol. The number of nitro benzene ring substituents is 1. The van der Waals surface area contributed by atoms with Crippen LogP contribution in [0.5, 0.6) is 17.2 Å². The number of hydrogen-bond donors (Lipinski definition) is 0. The van der Waals surface area contributed by atoms with Gasteiger partial charge in [0.15, 0.2) is 6.79 Å². The van der Waals surface area contributed by atoms with Crippen LogP contribution in [-0.2, 0) is 22.7 Å². The Bertz CT molecular complexity index is 858. The molecular formula is C18H17NO8. The van der Waals surface area contributed by atoms with E-state index in [-0.39, 0.29) is 31.3 Å². The van der Waals surface area contributed by atoms with E-state index in [1.54, 1.807) is 6.07 Å². The van der Waals surface area contributed by atoms with Crippen LogP contribution in [0.3, 0.4) is 0 Å². The van der Waals surface area contributed by atoms with Gasteiger partial charge in [0.1, 0.15) is 23.9 Å². The van der Waals surface area contributed by atoms with Crippen molar-refractivity contribution in [1.29, 1.82) is 0 Å². The van der Waals surface area contributed by atoms with E-state index in [0.717, 1.165) is 0 Å². The highest BCUT2D eigenvalue weighted by Gasteiger charge is 2.22. The summed E-state index contributed by atoms with van der Waals surface area (Å²) in [5, 5.41) is 11.1. The second kappa shape index (κ2) is 7.92. The van der Waals surface area contributed by atoms with E-state index in [1.165, 1.54) is 38.5 Å². The lowest BCUT2D eigenvalue weighted by Crippen LogP contribution is -2.15. The Morgan fingerprint density at radius 3 is 2.48 bits per heavy atom. The van der Waals surface area contributed by atoms with Crippen LogP contribution in [0.1, 0.15) is 21.5 Å². The van der Waals surface area contributed by atoms with Crippen LogP contribution in [0, 0.1) is 10.1 Å². The molecule has 0 saturated heterocycles. The Hall–Kier alpha value is -3.33. The molecule has 1 heterocycles. The summed E-state index contributed by atoms with van der Waals surface area (Å²) in [6.07, 6.45) is 0. The number of carbonyl (C=O) groups is 1. The van der Waals surface area contributed by atoms with E-state index < -0.39 is 10.9 Å². The first-order valence-electron chi connectivity index (χ1n) is 7.92. The number of fused-ring (bicyclic) bond motifs is 1. The van der Waals surface area contributed by atoms with Crippen molar-refractivity contribution in [2.45, 2.75) is 13.2 Å². The molecule has 142 valence electrons. The summed E-state index contributed by atoms with van der Waals surface area (Å²) in [6, 6.07) is 7.36. The first-order valence-corrected chi connectivity index (χ1v) is 7.92. The van der Waals surface area contributed by atoms with Crippen LogP contribution in [-0.4, -0.2) is 31.9 Å². The maximum absolute atomic E-state index is 12.4. The Balaban J connectivity index is 1.83. The Morgan fingerprint density at radius 2 is 1.85 bits per heavy atom. The van der Waals surface area contributed by atoms with Crippen LogP contribution in [0.2, 0.25) is 0 Å². The second-order valence-corrected chi connectivity index (χ2v) is 5.64. The average Bonchev–Trinajstić information content (AvgIpc) is 2.70. The van der Waals surface area contributed by atoms with Gasteiger partial charge in [-0.2, -0.15) is 0 Å². The molecule has 1 aliphatic heterocycles. The summed E-state index contributed by atoms with van der Waals surface area (Å²) in [6.45, 7) is 0.0201. The summed E-state index contributed by atoms with van der Waals surface area (Å²) in [5.41, 5.74) is 1.03. The van der Waals surface area contributed by atoms with Gasteiger partial charge >= 0.3 is 5.97 Å². The zero-order chi connectivity index (χ0) is 19.4. The van der Waals surface area contributed by atoms with E-state index >= 15 is 0 Å². The minimum absolute atomic E-state index is 0.0266. The van der Waals surface area contributed by atoms with Crippen molar-refractivity contribution in [1.82, 2.24) is 0 Å². The quantitative estimate of drug-likeness (QED) is 0.431. The molecule has 1 aliphatic rings. The molecule has 3 rings (SSSR count). The fourth-order valence-corrected chi connectivity index (χ4v) is 2.65. The van der Waals surface area contributed by atoms with Gasteiger partial charge in [0.25, 0.3) is 5.69 Å². The molecule has 0 unspecified atom stereocenters. The lowest BCUT2D eigenvalue weighted by molar-refractivity contribution is -0.385. The first-order chi connectivity index (χ1) is 13.0. The topological polar surface area (TPSA) is 106 Å². The van der Waals surface area contributed by atoms with E-state index in [0.29, 0.717) is 28.4 Å². The van der Waals surface area contributed by atoms with Crippen molar-refractivity contribution in [3.05, 3.63) is 57.1 Å². The number of rotatable bonds is 6. The number of nitro groups is 1. The molecule has 9 heteroatoms. The summed E-state index contributed by atoms with van der Waals surface area (Å²) in [7, 11) is 2.94. The van der Waals surface area contributed by atoms with E-state index in [9.17, 15) is 14.9 Å². The van der Waals surface area contributed by atoms with E-state index in [2.05, 4.69) is 0 Å². The van der Waals surface area contributed by atoms with Crippen molar-refractivity contribution >= 4 is 11.7 Å². The molecule has 0 bridgehead atoms. The summed E-state index contributed by atoms with van der Waals surface area (Å²) in [4.78, 5) is 23.0. The number of non-ortho nitro benzene ring substituents is 1. The van der Waals surface area contributed by atoms with Gasteiger partial charge in [0.05, 0.1) is 31.3 Å². The SMILES string of the molecule is COc1cc(OC)cc(C(=O)OCc2cc([N+](=O)[O-])cc3c2OCOC3)c1. The van der Waals surface area contributed by atoms with Gasteiger partial charge in [-0.25, -0.2) is 4.79 Å². The van der Waals surface area contributed by atoms with Crippen LogP contribution >= 0.6 is 0 Å². The normalized spacial score (nSPS) is 12.5. The predicted octanol–water partition coefficient (Wildman–Crippen LogP) is 2.84. The number of nitrogens with zero attached hydrogens (tertiary/aromatic N) is 1. The summed E-state index contributed by atoms with van der Waals surface area (Å²) < 4.78 is 26.2. The predicted molar refractivity (Wildman–Crippen MR) is 92.0 cm³/mol. The van der Waals surface area contributed by atoms with Crippen LogP contribution < -0.4 is 14.2 Å². The molecule has 0 aromatic heterocycles. The molecule has 2 aromatic rings. The third-order valence-electron chi connectivity index (χ3n) is 3.93. The number of ether oxygens (including phenoxy) is 5. The van der Waals surface area contributed by atoms with Crippen molar-refractivity contribution in [2.24, 2.45) is 0 Å². The summed E-state index contributed by atoms with van der Waals surface area (Å²) in [5.74, 6) is 0.686. The van der Waals surface area contributed by atoms with Crippen LogP contribution in [0.4, 0.5) is 5.69 Å². The Kier molecular flexibility index (Phi) is 5.41. The Morgan fingerprint density at radius 1 is 1.15 bits per heavy atom. The zero-order valence-corrected chi connectivity index (χ0v) is 14.7. The van der Waals surface area contributed by atoms with Gasteiger partial charge < -0.3 is 23.7 Å². The van der Waals surface area contributed by atoms with Crippen LogP contribution in [0.25, 0.3) is 0 Å². The molecule has 27 heavy (non-hydrogen) atoms. The molecule has 0 N–H and O–H groups in total. The first kappa shape index (κ1) is 18.5. The van der Waals surface area contributed by atoms with Crippen molar-refractivity contribution < 1.29 is 33.4 Å². The molecule has 0 radical (unpaired) electrons. The lowest BCUT2D eigenvalue weighted by atomic mass is 10.1. The maximum atomic E-state index is 12.4. The van der Waals surface area contributed by atoms with E-state index in [1.807, 2.05) is 0 Å². The third kappa shape index (κ3) is 4.09. The number of carbonyl (C=O) groups excluding carboxylic acids is 1. The molecule has 0 saturated carbocycles. The molecule has 0 spiro atoms. The van der Waals surface area contributed by atoms with Gasteiger partial charge in [-0.1, -0.05) is 0 Å². The fourth-order valence-electron chi connectivity index (χ4n) is 2.65. The van der Waals surface area contributed by atoms with Crippen molar-refractivity contribution in [3.63, 3.8) is 0 Å². The number of esters is 1. The Labute approximate surface area is 154 Å². The fraction of sp³-hybridized carbons (Fsp3) is 0.278. The molecule has 9 nitrogen and oxygen atoms in total. The molecular weight excluding hydrogens is 358 g/mol. The van der Waals surface area contributed by atoms with Crippen LogP contribution in [0.15, 0.2) is 30.3 Å². The highest BCUT2D eigenvalue weighted by molar-refractivity contribution is 5.90. The third-order valence-corrected chi connectivity index (χ3v) is 3.93. The highest BCUT2D eigenvalue weighted by atomic mass is 16.7. The standard InChI is InChI=1S/C18H17NO8/c1-23-15-5-11(6-16(7-15)24-2)18(20)26-9-13-4-14(19(21)22)3-12-8-25-10-27-17(12)13/h3-7H,8-10H2,1-2H3. The smallest absolute Gasteiger partial charge is 0.338 e. The average molecular weight is 375 g/mol. The lowest BCUT2D eigenvalue weighted by Gasteiger charge is -2.20. The summed E-state index contributed by atoms with van der Waals surface area (Å²) >= 11 is 0. The van der Waals surface area contributed by atoms with Gasteiger partial charge in [-0.05, 0) is 12.1 Å².